The number of hydrogen-bond acceptors (Lipinski definition) is 4. The molecule has 116 valence electrons. The molecule has 0 aliphatic carbocycles. The first-order valence-corrected chi connectivity index (χ1v) is 7.56. The van der Waals surface area contributed by atoms with Crippen LogP contribution in [0.5, 0.6) is 5.75 Å². The van der Waals surface area contributed by atoms with Crippen LogP contribution in [0, 0.1) is 0 Å². The Labute approximate surface area is 126 Å². The Kier molecular flexibility index (Phi) is 5.59. The van der Waals surface area contributed by atoms with Crippen LogP contribution in [0.3, 0.4) is 0 Å². The topological polar surface area (TPSA) is 67.6 Å². The Bertz CT molecular complexity index is 478. The van der Waals surface area contributed by atoms with Crippen LogP contribution < -0.4 is 15.8 Å². The van der Waals surface area contributed by atoms with Crippen LogP contribution in [0.2, 0.25) is 0 Å². The first kappa shape index (κ1) is 15.8. The lowest BCUT2D eigenvalue weighted by Gasteiger charge is -2.34. The molecule has 0 aromatic heterocycles. The predicted octanol–water partition coefficient (Wildman–Crippen LogP) is 1.30. The third-order valence-electron chi connectivity index (χ3n) is 4.00. The Morgan fingerprint density at radius 2 is 2.29 bits per heavy atom. The van der Waals surface area contributed by atoms with Crippen molar-refractivity contribution >= 4 is 5.91 Å². The SMILES string of the molecule is CCC(N)C(c1cccc(OC)c1)N1CCCNC(=O)C1. The van der Waals surface area contributed by atoms with E-state index in [1.54, 1.807) is 7.11 Å². The maximum atomic E-state index is 11.8. The minimum Gasteiger partial charge on any atom is -0.497 e. The van der Waals surface area contributed by atoms with Crippen molar-refractivity contribution in [3.63, 3.8) is 0 Å². The molecule has 5 heteroatoms. The third kappa shape index (κ3) is 3.95. The van der Waals surface area contributed by atoms with Gasteiger partial charge >= 0.3 is 0 Å². The molecule has 0 bridgehead atoms. The molecule has 3 N–H and O–H groups in total. The summed E-state index contributed by atoms with van der Waals surface area (Å²) >= 11 is 0. The zero-order valence-corrected chi connectivity index (χ0v) is 12.8. The van der Waals surface area contributed by atoms with E-state index >= 15 is 0 Å². The minimum atomic E-state index is -0.0111. The summed E-state index contributed by atoms with van der Waals surface area (Å²) in [6.45, 7) is 4.08. The molecular weight excluding hydrogens is 266 g/mol. The summed E-state index contributed by atoms with van der Waals surface area (Å²) in [7, 11) is 1.66. The number of nitrogens with one attached hydrogen (secondary N) is 1. The Morgan fingerprint density at radius 1 is 1.48 bits per heavy atom. The highest BCUT2D eigenvalue weighted by molar-refractivity contribution is 5.78. The van der Waals surface area contributed by atoms with Crippen molar-refractivity contribution in [2.24, 2.45) is 5.73 Å². The standard InChI is InChI=1S/C16H25N3O2/c1-3-14(17)16(12-6-4-7-13(10-12)21-2)19-9-5-8-18-15(20)11-19/h4,6-7,10,14,16H,3,5,8-9,11,17H2,1-2H3,(H,18,20). The van der Waals surface area contributed by atoms with E-state index in [9.17, 15) is 4.79 Å². The first-order chi connectivity index (χ1) is 10.2. The first-order valence-electron chi connectivity index (χ1n) is 7.56. The van der Waals surface area contributed by atoms with E-state index in [4.69, 9.17) is 10.5 Å². The summed E-state index contributed by atoms with van der Waals surface area (Å²) in [6.07, 6.45) is 1.81. The molecule has 1 aromatic rings. The molecular formula is C16H25N3O2. The molecule has 0 spiro atoms. The van der Waals surface area contributed by atoms with Gasteiger partial charge in [0.25, 0.3) is 0 Å². The quantitative estimate of drug-likeness (QED) is 0.858. The van der Waals surface area contributed by atoms with Crippen LogP contribution in [0.4, 0.5) is 0 Å². The maximum absolute atomic E-state index is 11.8. The molecule has 1 amide bonds. The minimum absolute atomic E-state index is 0.0111. The van der Waals surface area contributed by atoms with Crippen molar-refractivity contribution in [1.29, 1.82) is 0 Å². The highest BCUT2D eigenvalue weighted by Gasteiger charge is 2.28. The molecule has 1 aliphatic rings. The normalized spacial score (nSPS) is 19.5. The van der Waals surface area contributed by atoms with Crippen LogP contribution in [0.15, 0.2) is 24.3 Å². The van der Waals surface area contributed by atoms with Gasteiger partial charge in [-0.2, -0.15) is 0 Å². The summed E-state index contributed by atoms with van der Waals surface area (Å²) in [5.41, 5.74) is 7.46. The van der Waals surface area contributed by atoms with Crippen molar-refractivity contribution in [3.05, 3.63) is 29.8 Å². The zero-order valence-electron chi connectivity index (χ0n) is 12.8. The highest BCUT2D eigenvalue weighted by Crippen LogP contribution is 2.28. The summed E-state index contributed by atoms with van der Waals surface area (Å²) in [5, 5.41) is 2.91. The van der Waals surface area contributed by atoms with Crippen molar-refractivity contribution < 1.29 is 9.53 Å². The second-order valence-electron chi connectivity index (χ2n) is 5.47. The van der Waals surface area contributed by atoms with E-state index in [-0.39, 0.29) is 18.0 Å². The van der Waals surface area contributed by atoms with Gasteiger partial charge in [0.1, 0.15) is 5.75 Å². The van der Waals surface area contributed by atoms with Crippen LogP contribution in [0.25, 0.3) is 0 Å². The van der Waals surface area contributed by atoms with Crippen molar-refractivity contribution in [2.45, 2.75) is 31.8 Å². The van der Waals surface area contributed by atoms with E-state index in [0.29, 0.717) is 6.54 Å². The predicted molar refractivity (Wildman–Crippen MR) is 83.2 cm³/mol. The van der Waals surface area contributed by atoms with Gasteiger partial charge in [0, 0.05) is 19.1 Å². The van der Waals surface area contributed by atoms with Gasteiger partial charge in [-0.3, -0.25) is 9.69 Å². The van der Waals surface area contributed by atoms with Gasteiger partial charge in [0.15, 0.2) is 0 Å². The van der Waals surface area contributed by atoms with Gasteiger partial charge < -0.3 is 15.8 Å². The smallest absolute Gasteiger partial charge is 0.234 e. The molecule has 0 radical (unpaired) electrons. The fourth-order valence-corrected chi connectivity index (χ4v) is 2.84. The lowest BCUT2D eigenvalue weighted by Crippen LogP contribution is -2.43. The molecule has 1 aromatic carbocycles. The second-order valence-corrected chi connectivity index (χ2v) is 5.47. The van der Waals surface area contributed by atoms with E-state index in [1.807, 2.05) is 18.2 Å². The number of carbonyl (C=O) groups excluding carboxylic acids is 1. The molecule has 1 fully saturated rings. The average molecular weight is 291 g/mol. The summed E-state index contributed by atoms with van der Waals surface area (Å²) in [5.74, 6) is 0.892. The Balaban J connectivity index is 2.30. The monoisotopic (exact) mass is 291 g/mol. The van der Waals surface area contributed by atoms with E-state index in [2.05, 4.69) is 23.2 Å². The van der Waals surface area contributed by atoms with Crippen LogP contribution in [-0.4, -0.2) is 43.6 Å². The summed E-state index contributed by atoms with van der Waals surface area (Å²) < 4.78 is 5.31. The summed E-state index contributed by atoms with van der Waals surface area (Å²) in [4.78, 5) is 14.0. The second kappa shape index (κ2) is 7.43. The van der Waals surface area contributed by atoms with Crippen LogP contribution in [0.1, 0.15) is 31.4 Å². The average Bonchev–Trinajstić information content (AvgIpc) is 2.72. The van der Waals surface area contributed by atoms with Gasteiger partial charge in [-0.15, -0.1) is 0 Å². The summed E-state index contributed by atoms with van der Waals surface area (Å²) in [6, 6.07) is 8.00. The highest BCUT2D eigenvalue weighted by atomic mass is 16.5. The molecule has 2 atom stereocenters. The third-order valence-corrected chi connectivity index (χ3v) is 4.00. The largest absolute Gasteiger partial charge is 0.497 e. The number of carbonyl (C=O) groups is 1. The number of nitrogens with zero attached hydrogens (tertiary/aromatic N) is 1. The lowest BCUT2D eigenvalue weighted by atomic mass is 9.95. The van der Waals surface area contributed by atoms with Crippen molar-refractivity contribution in [3.8, 4) is 5.75 Å². The van der Waals surface area contributed by atoms with E-state index in [0.717, 1.165) is 37.2 Å². The fourth-order valence-electron chi connectivity index (χ4n) is 2.84. The number of hydrogen-bond donors (Lipinski definition) is 2. The number of benzene rings is 1. The molecule has 21 heavy (non-hydrogen) atoms. The van der Waals surface area contributed by atoms with E-state index in [1.165, 1.54) is 0 Å². The molecule has 1 saturated heterocycles. The van der Waals surface area contributed by atoms with Gasteiger partial charge in [-0.1, -0.05) is 19.1 Å². The van der Waals surface area contributed by atoms with E-state index < -0.39 is 0 Å². The van der Waals surface area contributed by atoms with Crippen LogP contribution in [-0.2, 0) is 4.79 Å². The molecule has 1 aliphatic heterocycles. The number of ether oxygens (including phenoxy) is 1. The molecule has 2 unspecified atom stereocenters. The number of rotatable bonds is 5. The number of methoxy groups -OCH3 is 1. The molecule has 2 rings (SSSR count). The van der Waals surface area contributed by atoms with Gasteiger partial charge in [0.2, 0.25) is 5.91 Å². The molecule has 0 saturated carbocycles. The molecule has 5 nitrogen and oxygen atoms in total. The van der Waals surface area contributed by atoms with Crippen LogP contribution >= 0.6 is 0 Å². The fraction of sp³-hybridized carbons (Fsp3) is 0.562. The molecule has 1 heterocycles. The zero-order chi connectivity index (χ0) is 15.2. The van der Waals surface area contributed by atoms with Crippen molar-refractivity contribution in [2.75, 3.05) is 26.7 Å². The van der Waals surface area contributed by atoms with Gasteiger partial charge in [-0.25, -0.2) is 0 Å². The number of amides is 1. The Hall–Kier alpha value is -1.59. The lowest BCUT2D eigenvalue weighted by molar-refractivity contribution is -0.122. The number of nitrogens with two attached hydrogens (primary N) is 1. The Morgan fingerprint density at radius 3 is 3.00 bits per heavy atom. The van der Waals surface area contributed by atoms with Gasteiger partial charge in [0.05, 0.1) is 19.7 Å². The van der Waals surface area contributed by atoms with Gasteiger partial charge in [-0.05, 0) is 30.5 Å². The van der Waals surface area contributed by atoms with Crippen molar-refractivity contribution in [1.82, 2.24) is 10.2 Å². The maximum Gasteiger partial charge on any atom is 0.234 e.